The van der Waals surface area contributed by atoms with Crippen molar-refractivity contribution in [2.24, 2.45) is 0 Å². The van der Waals surface area contributed by atoms with Gasteiger partial charge < -0.3 is 15.2 Å². The molecule has 6 heteroatoms. The van der Waals surface area contributed by atoms with Crippen molar-refractivity contribution in [3.63, 3.8) is 0 Å². The van der Waals surface area contributed by atoms with Gasteiger partial charge in [0.2, 0.25) is 5.91 Å². The molecule has 120 valence electrons. The van der Waals surface area contributed by atoms with Crippen LogP contribution in [0.3, 0.4) is 0 Å². The minimum Gasteiger partial charge on any atom is -0.479 e. The zero-order valence-electron chi connectivity index (χ0n) is 13.4. The van der Waals surface area contributed by atoms with Gasteiger partial charge in [-0.25, -0.2) is 9.59 Å². The summed E-state index contributed by atoms with van der Waals surface area (Å²) < 4.78 is 5.24. The van der Waals surface area contributed by atoms with E-state index < -0.39 is 29.0 Å². The Hall–Kier alpha value is -2.37. The summed E-state index contributed by atoms with van der Waals surface area (Å²) in [5.41, 5.74) is -1.49. The maximum absolute atomic E-state index is 11.9. The smallest absolute Gasteiger partial charge is 0.338 e. The molecule has 1 aromatic rings. The Morgan fingerprint density at radius 1 is 1.05 bits per heavy atom. The maximum Gasteiger partial charge on any atom is 0.338 e. The summed E-state index contributed by atoms with van der Waals surface area (Å²) in [5.74, 6) is -2.13. The van der Waals surface area contributed by atoms with Crippen molar-refractivity contribution in [3.8, 4) is 0 Å². The largest absolute Gasteiger partial charge is 0.479 e. The van der Waals surface area contributed by atoms with Crippen LogP contribution in [0.2, 0.25) is 0 Å². The number of rotatable bonds is 4. The molecular formula is C16H21NO5. The average molecular weight is 307 g/mol. The molecule has 0 saturated carbocycles. The molecule has 1 aromatic carbocycles. The van der Waals surface area contributed by atoms with E-state index in [0.29, 0.717) is 11.1 Å². The Morgan fingerprint density at radius 3 is 1.91 bits per heavy atom. The number of hydrogen-bond acceptors (Lipinski definition) is 4. The summed E-state index contributed by atoms with van der Waals surface area (Å²) in [6.07, 6.45) is 0. The molecule has 6 nitrogen and oxygen atoms in total. The van der Waals surface area contributed by atoms with Gasteiger partial charge >= 0.3 is 11.9 Å². The van der Waals surface area contributed by atoms with E-state index in [-0.39, 0.29) is 0 Å². The molecule has 0 aliphatic heterocycles. The summed E-state index contributed by atoms with van der Waals surface area (Å²) in [6, 6.07) is 5.94. The minimum absolute atomic E-state index is 0.314. The van der Waals surface area contributed by atoms with Crippen LogP contribution in [0.1, 0.15) is 50.5 Å². The second kappa shape index (κ2) is 6.17. The van der Waals surface area contributed by atoms with Crippen molar-refractivity contribution >= 4 is 17.8 Å². The van der Waals surface area contributed by atoms with E-state index in [1.165, 1.54) is 38.1 Å². The Labute approximate surface area is 129 Å². The molecule has 1 rings (SSSR count). The van der Waals surface area contributed by atoms with Crippen molar-refractivity contribution in [2.45, 2.75) is 45.8 Å². The van der Waals surface area contributed by atoms with Gasteiger partial charge in [-0.3, -0.25) is 4.79 Å². The van der Waals surface area contributed by atoms with Gasteiger partial charge in [-0.1, -0.05) is 12.1 Å². The molecule has 0 aliphatic carbocycles. The number of carboxylic acid groups (broad SMARTS) is 1. The monoisotopic (exact) mass is 307 g/mol. The number of carbonyl (C=O) groups is 3. The lowest BCUT2D eigenvalue weighted by molar-refractivity contribution is -0.147. The Bertz CT molecular complexity index is 586. The fraction of sp³-hybridized carbons (Fsp3) is 0.438. The van der Waals surface area contributed by atoms with Crippen molar-refractivity contribution in [1.82, 2.24) is 5.32 Å². The third-order valence-electron chi connectivity index (χ3n) is 2.95. The van der Waals surface area contributed by atoms with Crippen LogP contribution >= 0.6 is 0 Å². The quantitative estimate of drug-likeness (QED) is 0.831. The van der Waals surface area contributed by atoms with Crippen molar-refractivity contribution < 1.29 is 24.2 Å². The van der Waals surface area contributed by atoms with E-state index in [0.717, 1.165) is 0 Å². The first kappa shape index (κ1) is 17.7. The molecule has 1 atom stereocenters. The number of ether oxygens (including phenoxy) is 1. The highest BCUT2D eigenvalue weighted by Crippen LogP contribution is 2.22. The molecule has 0 bridgehead atoms. The normalized spacial score (nSPS) is 13.9. The van der Waals surface area contributed by atoms with Crippen LogP contribution in [0.15, 0.2) is 24.3 Å². The molecule has 2 N–H and O–H groups in total. The van der Waals surface area contributed by atoms with Crippen LogP contribution < -0.4 is 5.32 Å². The lowest BCUT2D eigenvalue weighted by Crippen LogP contribution is -2.48. The van der Waals surface area contributed by atoms with E-state index in [1.807, 2.05) is 0 Å². The van der Waals surface area contributed by atoms with E-state index in [2.05, 4.69) is 5.32 Å². The number of benzene rings is 1. The van der Waals surface area contributed by atoms with Gasteiger partial charge in [-0.05, 0) is 45.4 Å². The summed E-state index contributed by atoms with van der Waals surface area (Å²) in [4.78, 5) is 34.6. The zero-order valence-corrected chi connectivity index (χ0v) is 13.4. The molecular weight excluding hydrogens is 286 g/mol. The standard InChI is InChI=1S/C16H21NO5/c1-10(18)17-16(5,14(20)21)12-8-6-11(7-9-12)13(19)22-15(2,3)4/h6-9H,1-5H3,(H,17,18)(H,20,21). The molecule has 22 heavy (non-hydrogen) atoms. The number of esters is 1. The lowest BCUT2D eigenvalue weighted by atomic mass is 9.91. The summed E-state index contributed by atoms with van der Waals surface area (Å²) >= 11 is 0. The summed E-state index contributed by atoms with van der Waals surface area (Å²) in [6.45, 7) is 7.92. The number of amides is 1. The second-order valence-corrected chi connectivity index (χ2v) is 6.19. The molecule has 0 fully saturated rings. The number of nitrogens with one attached hydrogen (secondary N) is 1. The van der Waals surface area contributed by atoms with Gasteiger partial charge in [0.15, 0.2) is 5.54 Å². The molecule has 0 spiro atoms. The molecule has 0 heterocycles. The summed E-state index contributed by atoms with van der Waals surface area (Å²) in [7, 11) is 0. The van der Waals surface area contributed by atoms with Gasteiger partial charge in [0.25, 0.3) is 0 Å². The van der Waals surface area contributed by atoms with E-state index in [4.69, 9.17) is 4.74 Å². The molecule has 0 aliphatic rings. The number of hydrogen-bond donors (Lipinski definition) is 2. The van der Waals surface area contributed by atoms with E-state index in [9.17, 15) is 19.5 Å². The first-order valence-corrected chi connectivity index (χ1v) is 6.82. The van der Waals surface area contributed by atoms with Crippen LogP contribution in [0.25, 0.3) is 0 Å². The number of carboxylic acids is 1. The average Bonchev–Trinajstić information content (AvgIpc) is 2.35. The van der Waals surface area contributed by atoms with Crippen molar-refractivity contribution in [1.29, 1.82) is 0 Å². The number of aliphatic carboxylic acids is 1. The van der Waals surface area contributed by atoms with E-state index >= 15 is 0 Å². The maximum atomic E-state index is 11.9. The molecule has 1 amide bonds. The number of carbonyl (C=O) groups excluding carboxylic acids is 2. The molecule has 0 saturated heterocycles. The lowest BCUT2D eigenvalue weighted by Gasteiger charge is -2.26. The van der Waals surface area contributed by atoms with Crippen molar-refractivity contribution in [2.75, 3.05) is 0 Å². The van der Waals surface area contributed by atoms with Crippen LogP contribution in [-0.2, 0) is 19.9 Å². The van der Waals surface area contributed by atoms with E-state index in [1.54, 1.807) is 20.8 Å². The topological polar surface area (TPSA) is 92.7 Å². The molecule has 0 radical (unpaired) electrons. The Morgan fingerprint density at radius 2 is 1.55 bits per heavy atom. The van der Waals surface area contributed by atoms with Gasteiger partial charge in [0.1, 0.15) is 5.60 Å². The highest BCUT2D eigenvalue weighted by Gasteiger charge is 2.36. The van der Waals surface area contributed by atoms with Crippen LogP contribution in [0.4, 0.5) is 0 Å². The highest BCUT2D eigenvalue weighted by molar-refractivity contribution is 5.90. The Kier molecular flexibility index (Phi) is 4.96. The predicted octanol–water partition coefficient (Wildman–Crippen LogP) is 2.08. The van der Waals surface area contributed by atoms with Gasteiger partial charge in [0.05, 0.1) is 5.56 Å². The summed E-state index contributed by atoms with van der Waals surface area (Å²) in [5, 5.41) is 11.8. The third kappa shape index (κ3) is 4.31. The first-order valence-electron chi connectivity index (χ1n) is 6.82. The third-order valence-corrected chi connectivity index (χ3v) is 2.95. The van der Waals surface area contributed by atoms with Crippen molar-refractivity contribution in [3.05, 3.63) is 35.4 Å². The highest BCUT2D eigenvalue weighted by atomic mass is 16.6. The van der Waals surface area contributed by atoms with Gasteiger partial charge in [-0.2, -0.15) is 0 Å². The predicted molar refractivity (Wildman–Crippen MR) is 80.4 cm³/mol. The molecule has 1 unspecified atom stereocenters. The Balaban J connectivity index is 3.07. The zero-order chi connectivity index (χ0) is 17.1. The fourth-order valence-corrected chi connectivity index (χ4v) is 1.88. The second-order valence-electron chi connectivity index (χ2n) is 6.19. The van der Waals surface area contributed by atoms with Crippen LogP contribution in [0.5, 0.6) is 0 Å². The minimum atomic E-state index is -1.56. The van der Waals surface area contributed by atoms with Gasteiger partial charge in [-0.15, -0.1) is 0 Å². The van der Waals surface area contributed by atoms with Crippen LogP contribution in [-0.4, -0.2) is 28.6 Å². The first-order chi connectivity index (χ1) is 9.95. The van der Waals surface area contributed by atoms with Gasteiger partial charge in [0, 0.05) is 6.92 Å². The molecule has 0 aromatic heterocycles. The fourth-order valence-electron chi connectivity index (χ4n) is 1.88. The SMILES string of the molecule is CC(=O)NC(C)(C(=O)O)c1ccc(C(=O)OC(C)(C)C)cc1. The van der Waals surface area contributed by atoms with Crippen LogP contribution in [0, 0.1) is 0 Å².